The van der Waals surface area contributed by atoms with Gasteiger partial charge in [-0.05, 0) is 44.2 Å². The van der Waals surface area contributed by atoms with Crippen LogP contribution in [-0.2, 0) is 0 Å². The van der Waals surface area contributed by atoms with Gasteiger partial charge in [0.1, 0.15) is 5.82 Å². The van der Waals surface area contributed by atoms with Crippen molar-refractivity contribution >= 4 is 5.82 Å². The van der Waals surface area contributed by atoms with Crippen LogP contribution in [-0.4, -0.2) is 17.1 Å². The van der Waals surface area contributed by atoms with E-state index >= 15 is 0 Å². The second-order valence-electron chi connectivity index (χ2n) is 4.48. The van der Waals surface area contributed by atoms with Gasteiger partial charge in [-0.3, -0.25) is 0 Å². The van der Waals surface area contributed by atoms with Crippen molar-refractivity contribution in [3.05, 3.63) is 23.9 Å². The van der Waals surface area contributed by atoms with Gasteiger partial charge < -0.3 is 11.1 Å². The number of nitrogens with two attached hydrogens (primary N) is 1. The Kier molecular flexibility index (Phi) is 3.21. The van der Waals surface area contributed by atoms with Crippen molar-refractivity contribution in [2.24, 2.45) is 5.73 Å². The molecule has 1 aromatic heterocycles. The van der Waals surface area contributed by atoms with Crippen LogP contribution in [0.1, 0.15) is 31.2 Å². The molecule has 1 heterocycles. The molecule has 82 valence electrons. The van der Waals surface area contributed by atoms with Crippen LogP contribution in [0.25, 0.3) is 0 Å². The van der Waals surface area contributed by atoms with Gasteiger partial charge in [0.2, 0.25) is 0 Å². The highest BCUT2D eigenvalue weighted by molar-refractivity contribution is 5.36. The highest BCUT2D eigenvalue weighted by Crippen LogP contribution is 2.20. The van der Waals surface area contributed by atoms with Gasteiger partial charge in [-0.1, -0.05) is 6.07 Å². The maximum Gasteiger partial charge on any atom is 0.126 e. The van der Waals surface area contributed by atoms with Crippen molar-refractivity contribution in [3.63, 3.8) is 0 Å². The summed E-state index contributed by atoms with van der Waals surface area (Å²) in [4.78, 5) is 4.35. The van der Waals surface area contributed by atoms with Crippen molar-refractivity contribution in [1.82, 2.24) is 4.98 Å². The lowest BCUT2D eigenvalue weighted by Gasteiger charge is -2.27. The van der Waals surface area contributed by atoms with Crippen LogP contribution in [0.3, 0.4) is 0 Å². The summed E-state index contributed by atoms with van der Waals surface area (Å²) in [7, 11) is 0. The molecule has 0 bridgehead atoms. The third kappa shape index (κ3) is 2.93. The first-order valence-electron chi connectivity index (χ1n) is 5.69. The van der Waals surface area contributed by atoms with Crippen LogP contribution in [0.4, 0.5) is 5.82 Å². The minimum Gasteiger partial charge on any atom is -0.367 e. The largest absolute Gasteiger partial charge is 0.367 e. The Morgan fingerprint density at radius 2 is 2.00 bits per heavy atom. The molecule has 0 unspecified atom stereocenters. The highest BCUT2D eigenvalue weighted by Gasteiger charge is 2.18. The molecule has 0 spiro atoms. The van der Waals surface area contributed by atoms with Crippen molar-refractivity contribution in [2.75, 3.05) is 5.32 Å². The van der Waals surface area contributed by atoms with Gasteiger partial charge in [-0.25, -0.2) is 4.98 Å². The van der Waals surface area contributed by atoms with E-state index in [1.54, 1.807) is 0 Å². The van der Waals surface area contributed by atoms with E-state index in [-0.39, 0.29) is 0 Å². The molecule has 3 nitrogen and oxygen atoms in total. The molecule has 1 fully saturated rings. The molecule has 0 saturated heterocycles. The van der Waals surface area contributed by atoms with Crippen molar-refractivity contribution in [1.29, 1.82) is 0 Å². The summed E-state index contributed by atoms with van der Waals surface area (Å²) in [5, 5.41) is 3.46. The summed E-state index contributed by atoms with van der Waals surface area (Å²) in [6, 6.07) is 5.10. The maximum atomic E-state index is 5.87. The molecule has 0 radical (unpaired) electrons. The minimum atomic E-state index is 0.411. The smallest absolute Gasteiger partial charge is 0.126 e. The number of anilines is 1. The van der Waals surface area contributed by atoms with Gasteiger partial charge >= 0.3 is 0 Å². The van der Waals surface area contributed by atoms with E-state index in [1.165, 1.54) is 5.56 Å². The molecule has 3 heteroatoms. The summed E-state index contributed by atoms with van der Waals surface area (Å²) in [6.07, 6.45) is 6.48. The van der Waals surface area contributed by atoms with Crippen molar-refractivity contribution < 1.29 is 0 Å². The van der Waals surface area contributed by atoms with E-state index in [9.17, 15) is 0 Å². The second-order valence-corrected chi connectivity index (χ2v) is 4.48. The molecular weight excluding hydrogens is 186 g/mol. The number of hydrogen-bond donors (Lipinski definition) is 2. The molecule has 3 N–H and O–H groups in total. The Balaban J connectivity index is 1.89. The quantitative estimate of drug-likeness (QED) is 0.777. The Labute approximate surface area is 91.1 Å². The molecule has 1 saturated carbocycles. The summed E-state index contributed by atoms with van der Waals surface area (Å²) in [5.41, 5.74) is 7.07. The number of hydrogen-bond acceptors (Lipinski definition) is 3. The van der Waals surface area contributed by atoms with Crippen molar-refractivity contribution in [2.45, 2.75) is 44.7 Å². The average molecular weight is 205 g/mol. The zero-order chi connectivity index (χ0) is 10.7. The van der Waals surface area contributed by atoms with E-state index in [2.05, 4.69) is 23.3 Å². The lowest BCUT2D eigenvalue weighted by Crippen LogP contribution is -2.32. The molecule has 1 aliphatic carbocycles. The zero-order valence-electron chi connectivity index (χ0n) is 9.24. The summed E-state index contributed by atoms with van der Waals surface area (Å²) in [5.74, 6) is 0.987. The van der Waals surface area contributed by atoms with Crippen LogP contribution in [0.15, 0.2) is 18.3 Å². The molecule has 2 rings (SSSR count). The Bertz CT molecular complexity index is 299. The Hall–Kier alpha value is -1.09. The maximum absolute atomic E-state index is 5.87. The summed E-state index contributed by atoms with van der Waals surface area (Å²) in [6.45, 7) is 2.05. The predicted octanol–water partition coefficient (Wildman–Crippen LogP) is 2.07. The third-order valence-corrected chi connectivity index (χ3v) is 3.04. The molecule has 0 amide bonds. The van der Waals surface area contributed by atoms with Crippen LogP contribution in [0.2, 0.25) is 0 Å². The fraction of sp³-hybridized carbons (Fsp3) is 0.583. The van der Waals surface area contributed by atoms with Gasteiger partial charge in [0.15, 0.2) is 0 Å². The standard InChI is InChI=1S/C12H19N3/c1-9-2-7-12(14-8-9)15-11-5-3-10(13)4-6-11/h2,7-8,10-11H,3-6,13H2,1H3,(H,14,15). The zero-order valence-corrected chi connectivity index (χ0v) is 9.24. The molecule has 0 aliphatic heterocycles. The van der Waals surface area contributed by atoms with Gasteiger partial charge in [0.25, 0.3) is 0 Å². The molecule has 15 heavy (non-hydrogen) atoms. The number of aryl methyl sites for hydroxylation is 1. The number of pyridine rings is 1. The van der Waals surface area contributed by atoms with E-state index < -0.39 is 0 Å². The number of nitrogens with one attached hydrogen (secondary N) is 1. The lowest BCUT2D eigenvalue weighted by atomic mass is 9.92. The molecule has 1 aliphatic rings. The number of nitrogens with zero attached hydrogens (tertiary/aromatic N) is 1. The minimum absolute atomic E-state index is 0.411. The number of rotatable bonds is 2. The van der Waals surface area contributed by atoms with E-state index in [1.807, 2.05) is 12.3 Å². The fourth-order valence-electron chi connectivity index (χ4n) is 2.03. The molecule has 0 atom stereocenters. The molecular formula is C12H19N3. The van der Waals surface area contributed by atoms with E-state index in [4.69, 9.17) is 5.73 Å². The topological polar surface area (TPSA) is 50.9 Å². The first-order valence-corrected chi connectivity index (χ1v) is 5.69. The van der Waals surface area contributed by atoms with Gasteiger partial charge in [0.05, 0.1) is 0 Å². The normalized spacial score (nSPS) is 26.3. The average Bonchev–Trinajstić information content (AvgIpc) is 2.25. The second kappa shape index (κ2) is 4.62. The van der Waals surface area contributed by atoms with E-state index in [0.717, 1.165) is 31.5 Å². The van der Waals surface area contributed by atoms with Gasteiger partial charge in [-0.2, -0.15) is 0 Å². The Morgan fingerprint density at radius 1 is 1.27 bits per heavy atom. The predicted molar refractivity (Wildman–Crippen MR) is 62.8 cm³/mol. The molecule has 0 aromatic carbocycles. The lowest BCUT2D eigenvalue weighted by molar-refractivity contribution is 0.410. The van der Waals surface area contributed by atoms with E-state index in [0.29, 0.717) is 12.1 Å². The highest BCUT2D eigenvalue weighted by atomic mass is 15.0. The molecule has 1 aromatic rings. The van der Waals surface area contributed by atoms with Crippen LogP contribution >= 0.6 is 0 Å². The van der Waals surface area contributed by atoms with Crippen LogP contribution in [0, 0.1) is 6.92 Å². The monoisotopic (exact) mass is 205 g/mol. The summed E-state index contributed by atoms with van der Waals surface area (Å²) >= 11 is 0. The summed E-state index contributed by atoms with van der Waals surface area (Å²) < 4.78 is 0. The number of aromatic nitrogens is 1. The van der Waals surface area contributed by atoms with Gasteiger partial charge in [0, 0.05) is 18.3 Å². The van der Waals surface area contributed by atoms with Crippen LogP contribution in [0.5, 0.6) is 0 Å². The fourth-order valence-corrected chi connectivity index (χ4v) is 2.03. The third-order valence-electron chi connectivity index (χ3n) is 3.04. The van der Waals surface area contributed by atoms with Crippen molar-refractivity contribution in [3.8, 4) is 0 Å². The Morgan fingerprint density at radius 3 is 2.60 bits per heavy atom. The van der Waals surface area contributed by atoms with Crippen LogP contribution < -0.4 is 11.1 Å². The first-order chi connectivity index (χ1) is 7.24. The SMILES string of the molecule is Cc1ccc(NC2CCC(N)CC2)nc1. The van der Waals surface area contributed by atoms with Gasteiger partial charge in [-0.15, -0.1) is 0 Å². The first kappa shape index (κ1) is 10.4.